The monoisotopic (exact) mass is 297 g/mol. The highest BCUT2D eigenvalue weighted by Gasteiger charge is 2.76. The van der Waals surface area contributed by atoms with Crippen LogP contribution in [0.15, 0.2) is 30.3 Å². The number of hydrogen-bond donors (Lipinski definition) is 0. The molecule has 1 aromatic carbocycles. The number of benzene rings is 1. The van der Waals surface area contributed by atoms with Crippen molar-refractivity contribution >= 4 is 6.41 Å². The zero-order valence-electron chi connectivity index (χ0n) is 11.7. The summed E-state index contributed by atoms with van der Waals surface area (Å²) in [6.45, 7) is 0.213. The van der Waals surface area contributed by atoms with Gasteiger partial charge in [0, 0.05) is 12.0 Å². The average Bonchev–Trinajstić information content (AvgIpc) is 2.46. The van der Waals surface area contributed by atoms with Gasteiger partial charge in [-0.2, -0.15) is 13.2 Å². The van der Waals surface area contributed by atoms with Crippen LogP contribution in [0.1, 0.15) is 37.7 Å². The zero-order valence-corrected chi connectivity index (χ0v) is 11.7. The molecular weight excluding hydrogens is 279 g/mol. The Morgan fingerprint density at radius 3 is 2.19 bits per heavy atom. The molecule has 0 aromatic heterocycles. The summed E-state index contributed by atoms with van der Waals surface area (Å²) < 4.78 is 42.3. The van der Waals surface area contributed by atoms with Crippen molar-refractivity contribution in [1.82, 2.24) is 4.90 Å². The maximum atomic E-state index is 14.1. The fourth-order valence-corrected chi connectivity index (χ4v) is 4.42. The lowest BCUT2D eigenvalue weighted by Crippen LogP contribution is -2.77. The molecule has 1 spiro atoms. The number of carbonyl (C=O) groups excluding carboxylic acids is 1. The van der Waals surface area contributed by atoms with Gasteiger partial charge in [0.15, 0.2) is 5.54 Å². The molecule has 1 saturated heterocycles. The Morgan fingerprint density at radius 2 is 1.67 bits per heavy atom. The van der Waals surface area contributed by atoms with Gasteiger partial charge in [-0.15, -0.1) is 0 Å². The van der Waals surface area contributed by atoms with Gasteiger partial charge in [-0.1, -0.05) is 49.6 Å². The fourth-order valence-electron chi connectivity index (χ4n) is 4.42. The first-order valence-electron chi connectivity index (χ1n) is 7.32. The standard InChI is InChI=1S/C16H18F3NO/c17-16(18,19)15(13-7-3-1-4-8-13)14(11-20(15)12-21)9-5-2-6-10-14/h1,3-4,7-8,12H,2,5-6,9-11H2. The van der Waals surface area contributed by atoms with Crippen LogP contribution in [0.4, 0.5) is 13.2 Å². The van der Waals surface area contributed by atoms with E-state index in [0.29, 0.717) is 19.3 Å². The molecule has 1 atom stereocenters. The van der Waals surface area contributed by atoms with E-state index in [1.54, 1.807) is 18.2 Å². The number of halogens is 3. The number of carbonyl (C=O) groups is 1. The first-order valence-corrected chi connectivity index (χ1v) is 7.32. The van der Waals surface area contributed by atoms with E-state index >= 15 is 0 Å². The third-order valence-corrected chi connectivity index (χ3v) is 5.21. The van der Waals surface area contributed by atoms with Crippen LogP contribution in [0.25, 0.3) is 0 Å². The van der Waals surface area contributed by atoms with Crippen LogP contribution in [-0.4, -0.2) is 24.0 Å². The molecule has 0 radical (unpaired) electrons. The third kappa shape index (κ3) is 1.75. The molecule has 21 heavy (non-hydrogen) atoms. The molecule has 1 heterocycles. The van der Waals surface area contributed by atoms with E-state index in [4.69, 9.17) is 0 Å². The van der Waals surface area contributed by atoms with E-state index in [1.165, 1.54) is 12.1 Å². The summed E-state index contributed by atoms with van der Waals surface area (Å²) in [6, 6.07) is 7.92. The van der Waals surface area contributed by atoms with Crippen LogP contribution >= 0.6 is 0 Å². The normalized spacial score (nSPS) is 28.2. The Bertz CT molecular complexity index is 522. The maximum absolute atomic E-state index is 14.1. The molecule has 0 bridgehead atoms. The van der Waals surface area contributed by atoms with Gasteiger partial charge in [0.1, 0.15) is 0 Å². The number of alkyl halides is 3. The van der Waals surface area contributed by atoms with Crippen molar-refractivity contribution in [2.24, 2.45) is 5.41 Å². The number of nitrogens with zero attached hydrogens (tertiary/aromatic N) is 1. The molecule has 1 amide bonds. The van der Waals surface area contributed by atoms with E-state index in [9.17, 15) is 18.0 Å². The van der Waals surface area contributed by atoms with Crippen LogP contribution in [-0.2, 0) is 10.3 Å². The highest BCUT2D eigenvalue weighted by molar-refractivity contribution is 5.56. The van der Waals surface area contributed by atoms with Gasteiger partial charge in [-0.25, -0.2) is 0 Å². The van der Waals surface area contributed by atoms with Gasteiger partial charge in [0.2, 0.25) is 6.41 Å². The largest absolute Gasteiger partial charge is 0.416 e. The molecular formula is C16H18F3NO. The Hall–Kier alpha value is -1.52. The summed E-state index contributed by atoms with van der Waals surface area (Å²) in [5.41, 5.74) is -2.81. The maximum Gasteiger partial charge on any atom is 0.416 e. The molecule has 1 saturated carbocycles. The van der Waals surface area contributed by atoms with Crippen LogP contribution < -0.4 is 0 Å². The first kappa shape index (κ1) is 14.4. The van der Waals surface area contributed by atoms with Crippen molar-refractivity contribution in [3.8, 4) is 0 Å². The highest BCUT2D eigenvalue weighted by Crippen LogP contribution is 2.66. The summed E-state index contributed by atoms with van der Waals surface area (Å²) >= 11 is 0. The van der Waals surface area contributed by atoms with Crippen molar-refractivity contribution in [3.63, 3.8) is 0 Å². The molecule has 2 aliphatic rings. The molecule has 1 unspecified atom stereocenters. The summed E-state index contributed by atoms with van der Waals surface area (Å²) in [4.78, 5) is 12.2. The highest BCUT2D eigenvalue weighted by atomic mass is 19.4. The second-order valence-electron chi connectivity index (χ2n) is 6.15. The lowest BCUT2D eigenvalue weighted by molar-refractivity contribution is -0.327. The molecule has 1 aliphatic carbocycles. The van der Waals surface area contributed by atoms with Gasteiger partial charge in [-0.3, -0.25) is 4.79 Å². The minimum absolute atomic E-state index is 0.192. The quantitative estimate of drug-likeness (QED) is 0.759. The minimum Gasteiger partial charge on any atom is -0.326 e. The number of amides is 1. The zero-order chi connectivity index (χ0) is 15.1. The molecule has 2 fully saturated rings. The second kappa shape index (κ2) is 4.75. The van der Waals surface area contributed by atoms with E-state index in [1.807, 2.05) is 0 Å². The van der Waals surface area contributed by atoms with Gasteiger partial charge in [-0.05, 0) is 18.4 Å². The lowest BCUT2D eigenvalue weighted by Gasteiger charge is -2.66. The van der Waals surface area contributed by atoms with Gasteiger partial charge < -0.3 is 4.90 Å². The Balaban J connectivity index is 2.18. The average molecular weight is 297 g/mol. The molecule has 114 valence electrons. The topological polar surface area (TPSA) is 20.3 Å². The van der Waals surface area contributed by atoms with Crippen molar-refractivity contribution in [3.05, 3.63) is 35.9 Å². The summed E-state index contributed by atoms with van der Waals surface area (Å²) in [5.74, 6) is 0. The summed E-state index contributed by atoms with van der Waals surface area (Å²) in [5, 5.41) is 0. The smallest absolute Gasteiger partial charge is 0.326 e. The predicted octanol–water partition coefficient (Wildman–Crippen LogP) is 3.87. The summed E-state index contributed by atoms with van der Waals surface area (Å²) in [6.07, 6.45) is -0.455. The Labute approximate surface area is 121 Å². The van der Waals surface area contributed by atoms with E-state index in [2.05, 4.69) is 0 Å². The van der Waals surface area contributed by atoms with Crippen LogP contribution in [0.2, 0.25) is 0 Å². The molecule has 2 nitrogen and oxygen atoms in total. The van der Waals surface area contributed by atoms with Crippen molar-refractivity contribution in [2.45, 2.75) is 43.8 Å². The number of likely N-dealkylation sites (tertiary alicyclic amines) is 1. The SMILES string of the molecule is O=CN1CC2(CCCCC2)C1(c1ccccc1)C(F)(F)F. The fraction of sp³-hybridized carbons (Fsp3) is 0.562. The van der Waals surface area contributed by atoms with Crippen LogP contribution in [0.3, 0.4) is 0 Å². The van der Waals surface area contributed by atoms with Gasteiger partial charge in [0.05, 0.1) is 0 Å². The van der Waals surface area contributed by atoms with Crippen LogP contribution in [0, 0.1) is 5.41 Å². The van der Waals surface area contributed by atoms with Gasteiger partial charge >= 0.3 is 6.18 Å². The van der Waals surface area contributed by atoms with E-state index < -0.39 is 17.1 Å². The second-order valence-corrected chi connectivity index (χ2v) is 6.15. The van der Waals surface area contributed by atoms with Gasteiger partial charge in [0.25, 0.3) is 0 Å². The lowest BCUT2D eigenvalue weighted by atomic mass is 9.52. The predicted molar refractivity (Wildman–Crippen MR) is 72.5 cm³/mol. The number of rotatable bonds is 2. The number of hydrogen-bond acceptors (Lipinski definition) is 1. The Morgan fingerprint density at radius 1 is 1.05 bits per heavy atom. The molecule has 0 N–H and O–H groups in total. The first-order chi connectivity index (χ1) is 9.98. The van der Waals surface area contributed by atoms with Crippen molar-refractivity contribution < 1.29 is 18.0 Å². The minimum atomic E-state index is -4.47. The van der Waals surface area contributed by atoms with E-state index in [0.717, 1.165) is 24.2 Å². The molecule has 1 aromatic rings. The third-order valence-electron chi connectivity index (χ3n) is 5.21. The Kier molecular flexibility index (Phi) is 3.26. The van der Waals surface area contributed by atoms with Crippen LogP contribution in [0.5, 0.6) is 0 Å². The van der Waals surface area contributed by atoms with E-state index in [-0.39, 0.29) is 12.1 Å². The van der Waals surface area contributed by atoms with Crippen molar-refractivity contribution in [2.75, 3.05) is 6.54 Å². The van der Waals surface area contributed by atoms with Crippen molar-refractivity contribution in [1.29, 1.82) is 0 Å². The molecule has 1 aliphatic heterocycles. The molecule has 3 rings (SSSR count). The molecule has 5 heteroatoms. The summed E-state index contributed by atoms with van der Waals surface area (Å²) in [7, 11) is 0.